The molecule has 0 atom stereocenters. The van der Waals surface area contributed by atoms with E-state index in [-0.39, 0.29) is 5.91 Å². The molecule has 0 spiro atoms. The summed E-state index contributed by atoms with van der Waals surface area (Å²) in [7, 11) is 0. The number of nitrogens with zero attached hydrogens (tertiary/aromatic N) is 3. The number of carbonyl (C=O) groups is 1. The number of amides is 1. The van der Waals surface area contributed by atoms with Crippen LogP contribution in [0.5, 0.6) is 0 Å². The van der Waals surface area contributed by atoms with Gasteiger partial charge in [0.25, 0.3) is 5.91 Å². The maximum absolute atomic E-state index is 12.6. The molecular formula is C16H21N3O. The van der Waals surface area contributed by atoms with Crippen molar-refractivity contribution in [1.82, 2.24) is 14.5 Å². The lowest BCUT2D eigenvalue weighted by molar-refractivity contribution is 0.0754. The van der Waals surface area contributed by atoms with Gasteiger partial charge in [0.15, 0.2) is 0 Å². The summed E-state index contributed by atoms with van der Waals surface area (Å²) in [4.78, 5) is 18.6. The minimum Gasteiger partial charge on any atom is -0.338 e. The minimum atomic E-state index is 0.0438. The van der Waals surface area contributed by atoms with Crippen LogP contribution in [-0.4, -0.2) is 33.4 Å². The van der Waals surface area contributed by atoms with Crippen LogP contribution in [0, 0.1) is 0 Å². The molecular weight excluding hydrogens is 250 g/mol. The van der Waals surface area contributed by atoms with Crippen LogP contribution in [0.15, 0.2) is 42.9 Å². The number of hydrogen-bond acceptors (Lipinski definition) is 2. The lowest BCUT2D eigenvalue weighted by Gasteiger charge is -2.21. The van der Waals surface area contributed by atoms with E-state index in [4.69, 9.17) is 0 Å². The molecule has 2 rings (SSSR count). The van der Waals surface area contributed by atoms with Crippen LogP contribution in [0.2, 0.25) is 0 Å². The summed E-state index contributed by atoms with van der Waals surface area (Å²) >= 11 is 0. The topological polar surface area (TPSA) is 38.1 Å². The zero-order chi connectivity index (χ0) is 14.4. The summed E-state index contributed by atoms with van der Waals surface area (Å²) in [6.07, 6.45) is 5.45. The van der Waals surface area contributed by atoms with Gasteiger partial charge >= 0.3 is 0 Å². The molecule has 0 aliphatic carbocycles. The normalized spacial score (nSPS) is 10.5. The average Bonchev–Trinajstić information content (AvgIpc) is 2.98. The molecule has 1 aromatic heterocycles. The van der Waals surface area contributed by atoms with E-state index in [0.29, 0.717) is 5.69 Å². The van der Waals surface area contributed by atoms with Crippen molar-refractivity contribution in [1.29, 1.82) is 0 Å². The molecule has 0 unspecified atom stereocenters. The Labute approximate surface area is 120 Å². The van der Waals surface area contributed by atoms with Crippen molar-refractivity contribution in [2.45, 2.75) is 26.7 Å². The van der Waals surface area contributed by atoms with Crippen molar-refractivity contribution < 1.29 is 4.79 Å². The molecule has 4 nitrogen and oxygen atoms in total. The Kier molecular flexibility index (Phi) is 4.93. The van der Waals surface area contributed by atoms with Crippen LogP contribution < -0.4 is 0 Å². The van der Waals surface area contributed by atoms with Crippen molar-refractivity contribution in [3.63, 3.8) is 0 Å². The minimum absolute atomic E-state index is 0.0438. The summed E-state index contributed by atoms with van der Waals surface area (Å²) in [6, 6.07) is 9.82. The second-order valence-electron chi connectivity index (χ2n) is 4.72. The molecule has 0 aliphatic rings. The Morgan fingerprint density at radius 1 is 1.25 bits per heavy atom. The SMILES string of the molecule is CCCCN(CC)C(=O)c1cncn1-c1ccccc1. The third-order valence-electron chi connectivity index (χ3n) is 3.34. The van der Waals surface area contributed by atoms with E-state index in [0.717, 1.165) is 31.6 Å². The Bertz CT molecular complexity index is 548. The van der Waals surface area contributed by atoms with E-state index in [1.54, 1.807) is 12.5 Å². The van der Waals surface area contributed by atoms with Gasteiger partial charge in [-0.3, -0.25) is 9.36 Å². The van der Waals surface area contributed by atoms with E-state index in [2.05, 4.69) is 11.9 Å². The summed E-state index contributed by atoms with van der Waals surface area (Å²) < 4.78 is 1.84. The number of para-hydroxylation sites is 1. The third kappa shape index (κ3) is 3.07. The monoisotopic (exact) mass is 271 g/mol. The van der Waals surface area contributed by atoms with Crippen molar-refractivity contribution in [3.05, 3.63) is 48.5 Å². The van der Waals surface area contributed by atoms with Gasteiger partial charge in [0.05, 0.1) is 12.5 Å². The van der Waals surface area contributed by atoms with E-state index in [1.807, 2.05) is 46.7 Å². The lowest BCUT2D eigenvalue weighted by atomic mass is 10.2. The number of benzene rings is 1. The van der Waals surface area contributed by atoms with Gasteiger partial charge in [0, 0.05) is 18.8 Å². The second kappa shape index (κ2) is 6.89. The summed E-state index contributed by atoms with van der Waals surface area (Å²) in [5.74, 6) is 0.0438. The van der Waals surface area contributed by atoms with Gasteiger partial charge in [-0.05, 0) is 25.5 Å². The Balaban J connectivity index is 2.25. The number of unbranched alkanes of at least 4 members (excludes halogenated alkanes) is 1. The Morgan fingerprint density at radius 3 is 2.65 bits per heavy atom. The maximum Gasteiger partial charge on any atom is 0.272 e. The number of hydrogen-bond donors (Lipinski definition) is 0. The molecule has 4 heteroatoms. The van der Waals surface area contributed by atoms with Crippen LogP contribution in [0.25, 0.3) is 5.69 Å². The molecule has 1 aromatic carbocycles. The van der Waals surface area contributed by atoms with Crippen LogP contribution in [0.1, 0.15) is 37.2 Å². The first kappa shape index (κ1) is 14.3. The van der Waals surface area contributed by atoms with E-state index in [9.17, 15) is 4.79 Å². The predicted octanol–water partition coefficient (Wildman–Crippen LogP) is 3.13. The number of aromatic nitrogens is 2. The zero-order valence-electron chi connectivity index (χ0n) is 12.1. The highest BCUT2D eigenvalue weighted by Gasteiger charge is 2.18. The highest BCUT2D eigenvalue weighted by Crippen LogP contribution is 2.13. The predicted molar refractivity (Wildman–Crippen MR) is 80.0 cm³/mol. The molecule has 0 fully saturated rings. The van der Waals surface area contributed by atoms with Crippen LogP contribution in [0.3, 0.4) is 0 Å². The van der Waals surface area contributed by atoms with Gasteiger partial charge in [0.1, 0.15) is 5.69 Å². The van der Waals surface area contributed by atoms with Crippen LogP contribution in [-0.2, 0) is 0 Å². The van der Waals surface area contributed by atoms with Crippen molar-refractivity contribution in [2.75, 3.05) is 13.1 Å². The van der Waals surface area contributed by atoms with Gasteiger partial charge in [-0.2, -0.15) is 0 Å². The maximum atomic E-state index is 12.6. The van der Waals surface area contributed by atoms with E-state index < -0.39 is 0 Å². The number of rotatable bonds is 6. The standard InChI is InChI=1S/C16H21N3O/c1-3-5-11-18(4-2)16(20)15-12-17-13-19(15)14-9-7-6-8-10-14/h6-10,12-13H,3-5,11H2,1-2H3. The fourth-order valence-corrected chi connectivity index (χ4v) is 2.16. The summed E-state index contributed by atoms with van der Waals surface area (Å²) in [5.41, 5.74) is 1.58. The van der Waals surface area contributed by atoms with Gasteiger partial charge in [-0.25, -0.2) is 4.98 Å². The molecule has 1 amide bonds. The fraction of sp³-hybridized carbons (Fsp3) is 0.375. The molecule has 0 N–H and O–H groups in total. The zero-order valence-corrected chi connectivity index (χ0v) is 12.1. The fourth-order valence-electron chi connectivity index (χ4n) is 2.16. The molecule has 106 valence electrons. The van der Waals surface area contributed by atoms with E-state index >= 15 is 0 Å². The number of carbonyl (C=O) groups excluding carboxylic acids is 1. The summed E-state index contributed by atoms with van der Waals surface area (Å²) in [6.45, 7) is 5.66. The van der Waals surface area contributed by atoms with Crippen molar-refractivity contribution in [2.24, 2.45) is 0 Å². The average molecular weight is 271 g/mol. The molecule has 20 heavy (non-hydrogen) atoms. The molecule has 1 heterocycles. The first-order valence-electron chi connectivity index (χ1n) is 7.15. The third-order valence-corrected chi connectivity index (χ3v) is 3.34. The Hall–Kier alpha value is -2.10. The molecule has 2 aromatic rings. The van der Waals surface area contributed by atoms with Crippen molar-refractivity contribution >= 4 is 5.91 Å². The molecule has 0 saturated heterocycles. The molecule has 0 aliphatic heterocycles. The second-order valence-corrected chi connectivity index (χ2v) is 4.72. The first-order valence-corrected chi connectivity index (χ1v) is 7.15. The molecule has 0 bridgehead atoms. The summed E-state index contributed by atoms with van der Waals surface area (Å²) in [5, 5.41) is 0. The highest BCUT2D eigenvalue weighted by atomic mass is 16.2. The smallest absolute Gasteiger partial charge is 0.272 e. The first-order chi connectivity index (χ1) is 9.77. The van der Waals surface area contributed by atoms with Gasteiger partial charge in [0.2, 0.25) is 0 Å². The quantitative estimate of drug-likeness (QED) is 0.809. The number of imidazole rings is 1. The van der Waals surface area contributed by atoms with Gasteiger partial charge in [-0.15, -0.1) is 0 Å². The van der Waals surface area contributed by atoms with Crippen molar-refractivity contribution in [3.8, 4) is 5.69 Å². The Morgan fingerprint density at radius 2 is 2.00 bits per heavy atom. The molecule has 0 saturated carbocycles. The largest absolute Gasteiger partial charge is 0.338 e. The van der Waals surface area contributed by atoms with Gasteiger partial charge < -0.3 is 4.90 Å². The van der Waals surface area contributed by atoms with Crippen LogP contribution >= 0.6 is 0 Å². The van der Waals surface area contributed by atoms with E-state index in [1.165, 1.54) is 0 Å². The lowest BCUT2D eigenvalue weighted by Crippen LogP contribution is -2.33. The molecule has 0 radical (unpaired) electrons. The highest BCUT2D eigenvalue weighted by molar-refractivity contribution is 5.93. The van der Waals surface area contributed by atoms with Gasteiger partial charge in [-0.1, -0.05) is 31.5 Å². The van der Waals surface area contributed by atoms with Crippen LogP contribution in [0.4, 0.5) is 0 Å².